The molecule has 1 aliphatic rings. The minimum absolute atomic E-state index is 0.0407. The summed E-state index contributed by atoms with van der Waals surface area (Å²) in [5.41, 5.74) is -1.09. The molecular formula is C15H19N3O7S2. The third kappa shape index (κ3) is 3.44. The number of nitrogens with two attached hydrogens (primary N) is 1. The van der Waals surface area contributed by atoms with Crippen molar-refractivity contribution in [1.29, 1.82) is 0 Å². The lowest BCUT2D eigenvalue weighted by Crippen LogP contribution is -2.34. The van der Waals surface area contributed by atoms with Crippen LogP contribution in [0.15, 0.2) is 9.95 Å². The maximum absolute atomic E-state index is 12.7. The lowest BCUT2D eigenvalue weighted by Gasteiger charge is -2.15. The number of aliphatic hydroxyl groups excluding tert-OH is 3. The standard InChI is InChI=1S/C15H19N3O7S2/c1-3-24-13(23)10-5(2)7-11(26-10)17-15(18(16)12(7)22)27-14-9(21)8(20)6(4-19)25-14/h6,8-9,14,19-21H,3-4,16H2,1-2H3/t6-,8-,9+,14+/m1/s1. The first kappa shape index (κ1) is 20.0. The van der Waals surface area contributed by atoms with Crippen molar-refractivity contribution in [3.63, 3.8) is 0 Å². The van der Waals surface area contributed by atoms with Crippen LogP contribution in [0.5, 0.6) is 0 Å². The molecule has 0 radical (unpaired) electrons. The summed E-state index contributed by atoms with van der Waals surface area (Å²) in [5, 5.41) is 29.3. The summed E-state index contributed by atoms with van der Waals surface area (Å²) in [4.78, 5) is 29.6. The first-order valence-corrected chi connectivity index (χ1v) is 9.77. The van der Waals surface area contributed by atoms with Gasteiger partial charge in [0, 0.05) is 0 Å². The Morgan fingerprint density at radius 1 is 1.44 bits per heavy atom. The summed E-state index contributed by atoms with van der Waals surface area (Å²) >= 11 is 1.86. The van der Waals surface area contributed by atoms with E-state index >= 15 is 0 Å². The predicted octanol–water partition coefficient (Wildman–Crippen LogP) is -0.812. The summed E-state index contributed by atoms with van der Waals surface area (Å²) in [5.74, 6) is 5.30. The second-order valence-corrected chi connectivity index (χ2v) is 7.92. The van der Waals surface area contributed by atoms with Gasteiger partial charge in [-0.2, -0.15) is 0 Å². The van der Waals surface area contributed by atoms with Crippen molar-refractivity contribution in [2.24, 2.45) is 0 Å². The first-order valence-electron chi connectivity index (χ1n) is 8.07. The number of carbonyl (C=O) groups excluding carboxylic acids is 1. The summed E-state index contributed by atoms with van der Waals surface area (Å²) in [7, 11) is 0. The zero-order chi connectivity index (χ0) is 19.9. The molecular weight excluding hydrogens is 398 g/mol. The van der Waals surface area contributed by atoms with Gasteiger partial charge in [-0.05, 0) is 19.4 Å². The molecule has 4 atom stereocenters. The topological polar surface area (TPSA) is 157 Å². The molecule has 5 N–H and O–H groups in total. The number of hydrogen-bond acceptors (Lipinski definition) is 11. The van der Waals surface area contributed by atoms with Crippen LogP contribution in [0.25, 0.3) is 10.2 Å². The van der Waals surface area contributed by atoms with Gasteiger partial charge in [-0.3, -0.25) is 4.79 Å². The quantitative estimate of drug-likeness (QED) is 0.275. The molecule has 27 heavy (non-hydrogen) atoms. The second-order valence-electron chi connectivity index (χ2n) is 5.85. The van der Waals surface area contributed by atoms with Crippen LogP contribution >= 0.6 is 23.1 Å². The summed E-state index contributed by atoms with van der Waals surface area (Å²) in [6, 6.07) is 0. The van der Waals surface area contributed by atoms with Crippen molar-refractivity contribution < 1.29 is 29.6 Å². The number of aliphatic hydroxyl groups is 3. The molecule has 0 aliphatic carbocycles. The summed E-state index contributed by atoms with van der Waals surface area (Å²) < 4.78 is 11.2. The normalized spacial score (nSPS) is 25.2. The van der Waals surface area contributed by atoms with Gasteiger partial charge in [0.05, 0.1) is 18.6 Å². The van der Waals surface area contributed by atoms with Crippen LogP contribution < -0.4 is 11.4 Å². The van der Waals surface area contributed by atoms with E-state index in [0.717, 1.165) is 27.8 Å². The highest BCUT2D eigenvalue weighted by Crippen LogP contribution is 2.35. The number of thioether (sulfide) groups is 1. The predicted molar refractivity (Wildman–Crippen MR) is 98.3 cm³/mol. The molecule has 2 aromatic heterocycles. The van der Waals surface area contributed by atoms with Crippen molar-refractivity contribution in [3.8, 4) is 0 Å². The van der Waals surface area contributed by atoms with E-state index in [2.05, 4.69) is 4.98 Å². The summed E-state index contributed by atoms with van der Waals surface area (Å²) in [6.45, 7) is 3.03. The van der Waals surface area contributed by atoms with Crippen LogP contribution in [-0.2, 0) is 9.47 Å². The van der Waals surface area contributed by atoms with Gasteiger partial charge in [-0.15, -0.1) is 11.3 Å². The molecule has 0 spiro atoms. The largest absolute Gasteiger partial charge is 0.462 e. The molecule has 2 aromatic rings. The van der Waals surface area contributed by atoms with Crippen LogP contribution in [0.3, 0.4) is 0 Å². The fraction of sp³-hybridized carbons (Fsp3) is 0.533. The maximum atomic E-state index is 12.7. The number of rotatable bonds is 5. The highest BCUT2D eigenvalue weighted by molar-refractivity contribution is 7.99. The molecule has 1 fully saturated rings. The van der Waals surface area contributed by atoms with Gasteiger partial charge in [0.15, 0.2) is 5.16 Å². The maximum Gasteiger partial charge on any atom is 0.348 e. The number of ether oxygens (including phenoxy) is 2. The lowest BCUT2D eigenvalue weighted by molar-refractivity contribution is -0.00811. The van der Waals surface area contributed by atoms with E-state index in [4.69, 9.17) is 20.4 Å². The molecule has 12 heteroatoms. The molecule has 0 unspecified atom stereocenters. The zero-order valence-electron chi connectivity index (χ0n) is 14.5. The minimum Gasteiger partial charge on any atom is -0.462 e. The number of aryl methyl sites for hydroxylation is 1. The molecule has 148 valence electrons. The third-order valence-corrected chi connectivity index (χ3v) is 6.43. The Labute approximate surface area is 161 Å². The van der Waals surface area contributed by atoms with Crippen LogP contribution in [0.1, 0.15) is 22.2 Å². The number of nitrogens with zero attached hydrogens (tertiary/aromatic N) is 2. The van der Waals surface area contributed by atoms with Crippen molar-refractivity contribution in [1.82, 2.24) is 9.66 Å². The van der Waals surface area contributed by atoms with Crippen molar-refractivity contribution in [2.75, 3.05) is 19.1 Å². The van der Waals surface area contributed by atoms with Crippen molar-refractivity contribution in [2.45, 2.75) is 42.8 Å². The molecule has 10 nitrogen and oxygen atoms in total. The number of esters is 1. The van der Waals surface area contributed by atoms with Crippen LogP contribution in [0.4, 0.5) is 0 Å². The molecule has 1 saturated heterocycles. The van der Waals surface area contributed by atoms with Crippen LogP contribution in [0.2, 0.25) is 0 Å². The molecule has 0 bridgehead atoms. The number of hydrogen-bond donors (Lipinski definition) is 4. The van der Waals surface area contributed by atoms with Gasteiger partial charge < -0.3 is 30.6 Å². The summed E-state index contributed by atoms with van der Waals surface area (Å²) in [6.07, 6.45) is -3.51. The Hall–Kier alpha value is -1.70. The lowest BCUT2D eigenvalue weighted by atomic mass is 10.2. The van der Waals surface area contributed by atoms with Crippen molar-refractivity contribution >= 4 is 39.3 Å². The smallest absolute Gasteiger partial charge is 0.348 e. The number of thiophene rings is 1. The first-order chi connectivity index (χ1) is 12.8. The highest BCUT2D eigenvalue weighted by Gasteiger charge is 2.43. The Balaban J connectivity index is 1.99. The molecule has 3 heterocycles. The fourth-order valence-corrected chi connectivity index (χ4v) is 4.89. The van der Waals surface area contributed by atoms with E-state index in [9.17, 15) is 19.8 Å². The van der Waals surface area contributed by atoms with Crippen molar-refractivity contribution in [3.05, 3.63) is 20.8 Å². The Morgan fingerprint density at radius 2 is 2.15 bits per heavy atom. The molecule has 3 rings (SSSR count). The zero-order valence-corrected chi connectivity index (χ0v) is 16.1. The number of aromatic nitrogens is 2. The van der Waals surface area contributed by atoms with Crippen LogP contribution in [0, 0.1) is 6.92 Å². The molecule has 1 aliphatic heterocycles. The Kier molecular flexibility index (Phi) is 5.74. The average Bonchev–Trinajstić information content (AvgIpc) is 3.11. The number of carbonyl (C=O) groups is 1. The molecule has 0 amide bonds. The average molecular weight is 417 g/mol. The minimum atomic E-state index is -1.29. The van der Waals surface area contributed by atoms with E-state index in [-0.39, 0.29) is 22.0 Å². The van der Waals surface area contributed by atoms with Gasteiger partial charge in [-0.25, -0.2) is 14.5 Å². The number of fused-ring (bicyclic) bond motifs is 1. The van der Waals surface area contributed by atoms with Gasteiger partial charge >= 0.3 is 5.97 Å². The van der Waals surface area contributed by atoms with Gasteiger partial charge in [0.2, 0.25) is 0 Å². The van der Waals surface area contributed by atoms with Gasteiger partial charge in [0.1, 0.15) is 33.5 Å². The molecule has 0 aromatic carbocycles. The monoisotopic (exact) mass is 417 g/mol. The van der Waals surface area contributed by atoms with E-state index < -0.39 is 41.9 Å². The van der Waals surface area contributed by atoms with E-state index in [1.165, 1.54) is 0 Å². The Morgan fingerprint density at radius 3 is 2.74 bits per heavy atom. The Bertz CT molecular complexity index is 928. The van der Waals surface area contributed by atoms with Gasteiger partial charge in [0.25, 0.3) is 5.56 Å². The highest BCUT2D eigenvalue weighted by atomic mass is 32.2. The van der Waals surface area contributed by atoms with E-state index in [1.54, 1.807) is 13.8 Å². The second kappa shape index (κ2) is 7.73. The fourth-order valence-electron chi connectivity index (χ4n) is 2.72. The number of nitrogen functional groups attached to an aromatic ring is 1. The van der Waals surface area contributed by atoms with E-state index in [0.29, 0.717) is 10.4 Å². The SMILES string of the molecule is CCOC(=O)c1sc2nc(S[C@@H]3O[C@H](CO)[C@@H](O)[C@@H]3O)n(N)c(=O)c2c1C. The molecule has 0 saturated carbocycles. The van der Waals surface area contributed by atoms with Gasteiger partial charge in [-0.1, -0.05) is 11.8 Å². The van der Waals surface area contributed by atoms with E-state index in [1.807, 2.05) is 0 Å². The third-order valence-electron chi connectivity index (χ3n) is 4.15. The van der Waals surface area contributed by atoms with Crippen LogP contribution in [-0.4, -0.2) is 67.9 Å².